The average molecular weight is 263 g/mol. The molecule has 1 nitrogen and oxygen atoms in total. The second-order valence-electron chi connectivity index (χ2n) is 3.42. The molecule has 0 amide bonds. The zero-order chi connectivity index (χ0) is 13.1. The second-order valence-corrected chi connectivity index (χ2v) is 3.76. The van der Waals surface area contributed by atoms with Crippen molar-refractivity contribution in [2.24, 2.45) is 0 Å². The summed E-state index contributed by atoms with van der Waals surface area (Å²) in [5, 5.41) is -0.648. The van der Waals surface area contributed by atoms with Gasteiger partial charge in [0.2, 0.25) is 5.24 Å². The minimum atomic E-state index is -4.39. The summed E-state index contributed by atoms with van der Waals surface area (Å²) in [6.45, 7) is 1.71. The van der Waals surface area contributed by atoms with Gasteiger partial charge in [0.15, 0.2) is 0 Å². The van der Waals surface area contributed by atoms with E-state index in [1.54, 1.807) is 6.92 Å². The summed E-state index contributed by atoms with van der Waals surface area (Å²) in [5.74, 6) is 0. The maximum Gasteiger partial charge on any atom is 0.416 e. The number of rotatable bonds is 3. The van der Waals surface area contributed by atoms with Crippen molar-refractivity contribution in [2.75, 3.05) is 0 Å². The van der Waals surface area contributed by atoms with Gasteiger partial charge in [-0.1, -0.05) is 19.1 Å². The molecular weight excluding hydrogens is 253 g/mol. The molecule has 0 aliphatic carbocycles. The molecule has 0 saturated heterocycles. The summed E-state index contributed by atoms with van der Waals surface area (Å²) in [6.07, 6.45) is -2.65. The molecule has 0 aliphatic rings. The van der Waals surface area contributed by atoms with Gasteiger partial charge in [-0.25, -0.2) is 0 Å². The number of carbonyl (C=O) groups is 1. The van der Waals surface area contributed by atoms with Gasteiger partial charge in [0.1, 0.15) is 0 Å². The van der Waals surface area contributed by atoms with Crippen molar-refractivity contribution >= 4 is 22.9 Å². The van der Waals surface area contributed by atoms with Crippen molar-refractivity contribution in [1.29, 1.82) is 0 Å². The van der Waals surface area contributed by atoms with Crippen LogP contribution in [0.2, 0.25) is 0 Å². The summed E-state index contributed by atoms with van der Waals surface area (Å²) in [7, 11) is 0. The molecule has 0 aliphatic heterocycles. The van der Waals surface area contributed by atoms with Crippen LogP contribution >= 0.6 is 11.6 Å². The van der Waals surface area contributed by atoms with Crippen LogP contribution in [0, 0.1) is 0 Å². The molecule has 0 N–H and O–H groups in total. The molecule has 0 spiro atoms. The van der Waals surface area contributed by atoms with E-state index in [4.69, 9.17) is 11.6 Å². The van der Waals surface area contributed by atoms with Crippen molar-refractivity contribution in [2.45, 2.75) is 19.5 Å². The predicted octanol–water partition coefficient (Wildman–Crippen LogP) is 4.26. The molecule has 92 valence electrons. The summed E-state index contributed by atoms with van der Waals surface area (Å²) >= 11 is 5.29. The zero-order valence-electron chi connectivity index (χ0n) is 9.01. The maximum absolute atomic E-state index is 12.4. The molecular formula is C12H10ClF3O. The lowest BCUT2D eigenvalue weighted by Gasteiger charge is -2.07. The minimum absolute atomic E-state index is 0.283. The molecule has 0 fully saturated rings. The summed E-state index contributed by atoms with van der Waals surface area (Å²) in [6, 6.07) is 4.74. The van der Waals surface area contributed by atoms with E-state index in [-0.39, 0.29) is 5.57 Å². The van der Waals surface area contributed by atoms with Crippen LogP contribution in [-0.4, -0.2) is 5.24 Å². The highest BCUT2D eigenvalue weighted by Crippen LogP contribution is 2.30. The number of hydrogen-bond acceptors (Lipinski definition) is 1. The third kappa shape index (κ3) is 3.89. The maximum atomic E-state index is 12.4. The van der Waals surface area contributed by atoms with Gasteiger partial charge in [0, 0.05) is 5.57 Å². The van der Waals surface area contributed by atoms with Gasteiger partial charge in [-0.15, -0.1) is 0 Å². The van der Waals surface area contributed by atoms with Crippen LogP contribution < -0.4 is 0 Å². The Labute approximate surface area is 102 Å². The van der Waals surface area contributed by atoms with Gasteiger partial charge in [0.25, 0.3) is 0 Å². The van der Waals surface area contributed by atoms with Crippen molar-refractivity contribution in [3.63, 3.8) is 0 Å². The summed E-state index contributed by atoms with van der Waals surface area (Å²) < 4.78 is 37.3. The van der Waals surface area contributed by atoms with Crippen LogP contribution in [0.3, 0.4) is 0 Å². The number of halogens is 4. The SMILES string of the molecule is CCC(=Cc1cccc(C(F)(F)F)c1)C(=O)Cl. The third-order valence-corrected chi connectivity index (χ3v) is 2.43. The standard InChI is InChI=1S/C12H10ClF3O/c1-2-9(11(13)17)6-8-4-3-5-10(7-8)12(14,15)16/h3-7H,2H2,1H3. The fraction of sp³-hybridized carbons (Fsp3) is 0.250. The van der Waals surface area contributed by atoms with Gasteiger partial charge in [-0.2, -0.15) is 13.2 Å². The highest BCUT2D eigenvalue weighted by Gasteiger charge is 2.30. The Kier molecular flexibility index (Phi) is 4.34. The molecule has 5 heteroatoms. The molecule has 1 rings (SSSR count). The van der Waals surface area contributed by atoms with Crippen molar-refractivity contribution < 1.29 is 18.0 Å². The molecule has 0 radical (unpaired) electrons. The average Bonchev–Trinajstić information content (AvgIpc) is 2.24. The van der Waals surface area contributed by atoms with Gasteiger partial charge < -0.3 is 0 Å². The normalized spacial score (nSPS) is 12.6. The van der Waals surface area contributed by atoms with Crippen molar-refractivity contribution in [3.05, 3.63) is 41.0 Å². The summed E-state index contributed by atoms with van der Waals surface area (Å²) in [4.78, 5) is 10.9. The van der Waals surface area contributed by atoms with Gasteiger partial charge in [-0.3, -0.25) is 4.79 Å². The summed E-state index contributed by atoms with van der Waals surface area (Å²) in [5.41, 5.74) is -0.152. The van der Waals surface area contributed by atoms with E-state index >= 15 is 0 Å². The molecule has 0 unspecified atom stereocenters. The molecule has 0 aromatic heterocycles. The Morgan fingerprint density at radius 1 is 1.41 bits per heavy atom. The van der Waals surface area contributed by atoms with E-state index in [1.807, 2.05) is 0 Å². The molecule has 17 heavy (non-hydrogen) atoms. The molecule has 0 heterocycles. The monoisotopic (exact) mass is 262 g/mol. The van der Waals surface area contributed by atoms with Crippen LogP contribution in [0.15, 0.2) is 29.8 Å². The number of allylic oxidation sites excluding steroid dienone is 1. The first-order valence-electron chi connectivity index (χ1n) is 4.92. The number of alkyl halides is 3. The Balaban J connectivity index is 3.12. The van der Waals surface area contributed by atoms with Gasteiger partial charge >= 0.3 is 6.18 Å². The molecule has 0 atom stereocenters. The Bertz CT molecular complexity index is 449. The quantitative estimate of drug-likeness (QED) is 0.587. The molecule has 0 bridgehead atoms. The van der Waals surface area contributed by atoms with Gasteiger partial charge in [-0.05, 0) is 41.8 Å². The number of benzene rings is 1. The Morgan fingerprint density at radius 2 is 2.06 bits per heavy atom. The largest absolute Gasteiger partial charge is 0.416 e. The lowest BCUT2D eigenvalue weighted by molar-refractivity contribution is -0.137. The van der Waals surface area contributed by atoms with E-state index in [0.29, 0.717) is 12.0 Å². The number of carbonyl (C=O) groups excluding carboxylic acids is 1. The second kappa shape index (κ2) is 5.36. The fourth-order valence-electron chi connectivity index (χ4n) is 1.30. The molecule has 0 saturated carbocycles. The first-order chi connectivity index (χ1) is 7.84. The highest BCUT2D eigenvalue weighted by atomic mass is 35.5. The van der Waals surface area contributed by atoms with Crippen LogP contribution in [-0.2, 0) is 11.0 Å². The van der Waals surface area contributed by atoms with Crippen LogP contribution in [0.25, 0.3) is 6.08 Å². The Morgan fingerprint density at radius 3 is 2.53 bits per heavy atom. The minimum Gasteiger partial charge on any atom is -0.276 e. The lowest BCUT2D eigenvalue weighted by Crippen LogP contribution is -2.04. The first kappa shape index (κ1) is 13.8. The van der Waals surface area contributed by atoms with E-state index in [1.165, 1.54) is 18.2 Å². The fourth-order valence-corrected chi connectivity index (χ4v) is 1.49. The smallest absolute Gasteiger partial charge is 0.276 e. The van der Waals surface area contributed by atoms with Crippen molar-refractivity contribution in [1.82, 2.24) is 0 Å². The zero-order valence-corrected chi connectivity index (χ0v) is 9.77. The number of hydrogen-bond donors (Lipinski definition) is 0. The third-order valence-electron chi connectivity index (χ3n) is 2.19. The van der Waals surface area contributed by atoms with Crippen LogP contribution in [0.4, 0.5) is 13.2 Å². The van der Waals surface area contributed by atoms with Crippen molar-refractivity contribution in [3.8, 4) is 0 Å². The van der Waals surface area contributed by atoms with Crippen LogP contribution in [0.1, 0.15) is 24.5 Å². The Hall–Kier alpha value is -1.29. The highest BCUT2D eigenvalue weighted by molar-refractivity contribution is 6.68. The van der Waals surface area contributed by atoms with Gasteiger partial charge in [0.05, 0.1) is 5.56 Å². The first-order valence-corrected chi connectivity index (χ1v) is 5.30. The van der Waals surface area contributed by atoms with Crippen LogP contribution in [0.5, 0.6) is 0 Å². The predicted molar refractivity (Wildman–Crippen MR) is 60.6 cm³/mol. The van der Waals surface area contributed by atoms with E-state index in [2.05, 4.69) is 0 Å². The van der Waals surface area contributed by atoms with E-state index < -0.39 is 17.0 Å². The topological polar surface area (TPSA) is 17.1 Å². The molecule has 1 aromatic rings. The van der Waals surface area contributed by atoms with E-state index in [0.717, 1.165) is 12.1 Å². The van der Waals surface area contributed by atoms with E-state index in [9.17, 15) is 18.0 Å². The lowest BCUT2D eigenvalue weighted by atomic mass is 10.1. The molecule has 1 aromatic carbocycles.